The normalized spacial score (nSPS) is 45.8. The first-order valence-electron chi connectivity index (χ1n) is 4.69. The number of aliphatic hydroxyl groups is 1. The predicted molar refractivity (Wildman–Crippen MR) is 47.4 cm³/mol. The third-order valence-electron chi connectivity index (χ3n) is 3.52. The van der Waals surface area contributed by atoms with Crippen LogP contribution in [0.15, 0.2) is 0 Å². The van der Waals surface area contributed by atoms with Gasteiger partial charge < -0.3 is 5.11 Å². The Morgan fingerprint density at radius 2 is 2.09 bits per heavy atom. The zero-order valence-electron chi connectivity index (χ0n) is 7.93. The fraction of sp³-hybridized carbons (Fsp3) is 1.00. The lowest BCUT2D eigenvalue weighted by atomic mass is 9.66. The van der Waals surface area contributed by atoms with Gasteiger partial charge in [-0.25, -0.2) is 0 Å². The molecule has 0 aromatic heterocycles. The lowest BCUT2D eigenvalue weighted by Crippen LogP contribution is -2.34. The Morgan fingerprint density at radius 3 is 2.55 bits per heavy atom. The lowest BCUT2D eigenvalue weighted by Gasteiger charge is -2.40. The van der Waals surface area contributed by atoms with E-state index in [1.165, 1.54) is 19.3 Å². The summed E-state index contributed by atoms with van der Waals surface area (Å²) < 4.78 is 0. The van der Waals surface area contributed by atoms with Crippen molar-refractivity contribution >= 4 is 0 Å². The molecule has 1 saturated carbocycles. The van der Waals surface area contributed by atoms with Gasteiger partial charge in [0, 0.05) is 6.61 Å². The SMILES string of the molecule is C[C@H]1CC[C@](C)(CO)[C@H](C)C1. The summed E-state index contributed by atoms with van der Waals surface area (Å²) in [5.74, 6) is 1.56. The second-order valence-corrected chi connectivity index (χ2v) is 4.59. The van der Waals surface area contributed by atoms with Gasteiger partial charge in [-0.1, -0.05) is 27.2 Å². The Labute approximate surface area is 69.8 Å². The topological polar surface area (TPSA) is 20.2 Å². The van der Waals surface area contributed by atoms with Crippen molar-refractivity contribution in [2.75, 3.05) is 6.61 Å². The lowest BCUT2D eigenvalue weighted by molar-refractivity contribution is 0.0323. The standard InChI is InChI=1S/C10H20O/c1-8-4-5-10(3,7-11)9(2)6-8/h8-9,11H,4-7H2,1-3H3/t8-,9+,10+/m0/s1. The summed E-state index contributed by atoms with van der Waals surface area (Å²) in [5.41, 5.74) is 0.215. The largest absolute Gasteiger partial charge is 0.396 e. The summed E-state index contributed by atoms with van der Waals surface area (Å²) in [4.78, 5) is 0. The highest BCUT2D eigenvalue weighted by Crippen LogP contribution is 2.42. The molecule has 0 spiro atoms. The first-order chi connectivity index (χ1) is 5.08. The van der Waals surface area contributed by atoms with E-state index >= 15 is 0 Å². The second-order valence-electron chi connectivity index (χ2n) is 4.59. The van der Waals surface area contributed by atoms with Crippen molar-refractivity contribution in [3.63, 3.8) is 0 Å². The van der Waals surface area contributed by atoms with Crippen LogP contribution in [0.2, 0.25) is 0 Å². The van der Waals surface area contributed by atoms with Crippen molar-refractivity contribution in [1.29, 1.82) is 0 Å². The third-order valence-corrected chi connectivity index (χ3v) is 3.52. The molecule has 11 heavy (non-hydrogen) atoms. The molecule has 1 nitrogen and oxygen atoms in total. The Kier molecular flexibility index (Phi) is 2.58. The molecule has 0 unspecified atom stereocenters. The van der Waals surface area contributed by atoms with Crippen LogP contribution in [-0.2, 0) is 0 Å². The molecular formula is C10H20O. The Hall–Kier alpha value is -0.0400. The Balaban J connectivity index is 2.56. The summed E-state index contributed by atoms with van der Waals surface area (Å²) in [5, 5.41) is 9.21. The monoisotopic (exact) mass is 156 g/mol. The molecule has 1 aliphatic rings. The van der Waals surface area contributed by atoms with E-state index in [4.69, 9.17) is 0 Å². The molecule has 0 bridgehead atoms. The summed E-state index contributed by atoms with van der Waals surface area (Å²) in [7, 11) is 0. The number of aliphatic hydroxyl groups excluding tert-OH is 1. The molecule has 0 heterocycles. The maximum Gasteiger partial charge on any atom is 0.0487 e. The molecule has 0 aliphatic heterocycles. The van der Waals surface area contributed by atoms with Crippen molar-refractivity contribution in [3.8, 4) is 0 Å². The first kappa shape index (κ1) is 9.05. The van der Waals surface area contributed by atoms with Gasteiger partial charge in [0.25, 0.3) is 0 Å². The highest BCUT2D eigenvalue weighted by molar-refractivity contribution is 4.85. The molecule has 3 atom stereocenters. The number of hydrogen-bond acceptors (Lipinski definition) is 1. The van der Waals surface area contributed by atoms with E-state index in [-0.39, 0.29) is 5.41 Å². The number of hydrogen-bond donors (Lipinski definition) is 1. The van der Waals surface area contributed by atoms with Crippen LogP contribution < -0.4 is 0 Å². The third kappa shape index (κ3) is 1.76. The van der Waals surface area contributed by atoms with Crippen LogP contribution in [0.4, 0.5) is 0 Å². The van der Waals surface area contributed by atoms with E-state index in [9.17, 15) is 5.11 Å². The summed E-state index contributed by atoms with van der Waals surface area (Å²) >= 11 is 0. The maximum absolute atomic E-state index is 9.21. The Morgan fingerprint density at radius 1 is 1.45 bits per heavy atom. The van der Waals surface area contributed by atoms with Crippen LogP contribution in [0.25, 0.3) is 0 Å². The molecule has 0 radical (unpaired) electrons. The van der Waals surface area contributed by atoms with Crippen molar-refractivity contribution in [1.82, 2.24) is 0 Å². The molecule has 1 N–H and O–H groups in total. The quantitative estimate of drug-likeness (QED) is 0.618. The van der Waals surface area contributed by atoms with Crippen molar-refractivity contribution in [3.05, 3.63) is 0 Å². The van der Waals surface area contributed by atoms with E-state index < -0.39 is 0 Å². The number of rotatable bonds is 1. The zero-order valence-corrected chi connectivity index (χ0v) is 7.93. The van der Waals surface area contributed by atoms with E-state index in [1.54, 1.807) is 0 Å². The van der Waals surface area contributed by atoms with Crippen molar-refractivity contribution in [2.24, 2.45) is 17.3 Å². The van der Waals surface area contributed by atoms with Gasteiger partial charge in [0.15, 0.2) is 0 Å². The van der Waals surface area contributed by atoms with E-state index in [0.29, 0.717) is 12.5 Å². The summed E-state index contributed by atoms with van der Waals surface area (Å²) in [6, 6.07) is 0. The smallest absolute Gasteiger partial charge is 0.0487 e. The maximum atomic E-state index is 9.21. The first-order valence-corrected chi connectivity index (χ1v) is 4.69. The van der Waals surface area contributed by atoms with Crippen LogP contribution in [-0.4, -0.2) is 11.7 Å². The van der Waals surface area contributed by atoms with Crippen molar-refractivity contribution in [2.45, 2.75) is 40.0 Å². The average Bonchev–Trinajstić information content (AvgIpc) is 1.98. The predicted octanol–water partition coefficient (Wildman–Crippen LogP) is 2.44. The molecule has 66 valence electrons. The van der Waals surface area contributed by atoms with Crippen LogP contribution in [0.3, 0.4) is 0 Å². The molecule has 0 saturated heterocycles. The molecule has 1 rings (SSSR count). The van der Waals surface area contributed by atoms with Gasteiger partial charge in [0.2, 0.25) is 0 Å². The summed E-state index contributed by atoms with van der Waals surface area (Å²) in [6.07, 6.45) is 3.78. The Bertz CT molecular complexity index is 133. The highest BCUT2D eigenvalue weighted by atomic mass is 16.3. The fourth-order valence-electron chi connectivity index (χ4n) is 2.06. The zero-order chi connectivity index (χ0) is 8.48. The molecule has 0 aromatic rings. The highest BCUT2D eigenvalue weighted by Gasteiger charge is 2.35. The van der Waals surface area contributed by atoms with Gasteiger partial charge >= 0.3 is 0 Å². The van der Waals surface area contributed by atoms with Gasteiger partial charge in [0.1, 0.15) is 0 Å². The molecular weight excluding hydrogens is 136 g/mol. The van der Waals surface area contributed by atoms with Gasteiger partial charge in [0.05, 0.1) is 0 Å². The van der Waals surface area contributed by atoms with E-state index in [0.717, 1.165) is 5.92 Å². The average molecular weight is 156 g/mol. The molecule has 1 fully saturated rings. The molecule has 0 amide bonds. The minimum absolute atomic E-state index is 0.215. The van der Waals surface area contributed by atoms with Crippen LogP contribution in [0.5, 0.6) is 0 Å². The van der Waals surface area contributed by atoms with Crippen LogP contribution in [0, 0.1) is 17.3 Å². The van der Waals surface area contributed by atoms with Crippen LogP contribution in [0.1, 0.15) is 40.0 Å². The van der Waals surface area contributed by atoms with E-state index in [2.05, 4.69) is 20.8 Å². The van der Waals surface area contributed by atoms with Gasteiger partial charge in [-0.05, 0) is 30.1 Å². The van der Waals surface area contributed by atoms with Crippen LogP contribution >= 0.6 is 0 Å². The van der Waals surface area contributed by atoms with Gasteiger partial charge in [-0.2, -0.15) is 0 Å². The van der Waals surface area contributed by atoms with Gasteiger partial charge in [-0.15, -0.1) is 0 Å². The van der Waals surface area contributed by atoms with E-state index in [1.807, 2.05) is 0 Å². The summed E-state index contributed by atoms with van der Waals surface area (Å²) in [6.45, 7) is 7.16. The minimum atomic E-state index is 0.215. The second kappa shape index (κ2) is 3.14. The van der Waals surface area contributed by atoms with Gasteiger partial charge in [-0.3, -0.25) is 0 Å². The molecule has 1 aliphatic carbocycles. The molecule has 1 heteroatoms. The minimum Gasteiger partial charge on any atom is -0.396 e. The molecule has 0 aromatic carbocycles. The fourth-order valence-corrected chi connectivity index (χ4v) is 2.06. The van der Waals surface area contributed by atoms with Crippen molar-refractivity contribution < 1.29 is 5.11 Å².